The normalized spacial score (nSPS) is 18.4. The van der Waals surface area contributed by atoms with Crippen molar-refractivity contribution in [2.75, 3.05) is 0 Å². The molecule has 2 aromatic carbocycles. The SMILES string of the molecule is CCCCCCCC1CCC(c2ccc(C(=O)Oc3ccc(C(C)CCCC)cc3C#N)cc2)CC1. The zero-order valence-corrected chi connectivity index (χ0v) is 22.7. The molecule has 0 spiro atoms. The third-order valence-corrected chi connectivity index (χ3v) is 8.07. The number of unbranched alkanes of at least 4 members (excludes halogenated alkanes) is 5. The summed E-state index contributed by atoms with van der Waals surface area (Å²) in [7, 11) is 0. The summed E-state index contributed by atoms with van der Waals surface area (Å²) in [5.41, 5.74) is 3.40. The summed E-state index contributed by atoms with van der Waals surface area (Å²) >= 11 is 0. The smallest absolute Gasteiger partial charge is 0.343 e. The van der Waals surface area contributed by atoms with Crippen LogP contribution in [-0.2, 0) is 0 Å². The largest absolute Gasteiger partial charge is 0.422 e. The lowest BCUT2D eigenvalue weighted by Gasteiger charge is -2.29. The molecule has 0 amide bonds. The van der Waals surface area contributed by atoms with Gasteiger partial charge in [0.15, 0.2) is 0 Å². The van der Waals surface area contributed by atoms with Crippen molar-refractivity contribution in [3.05, 3.63) is 64.7 Å². The summed E-state index contributed by atoms with van der Waals surface area (Å²) in [5, 5.41) is 9.62. The van der Waals surface area contributed by atoms with Gasteiger partial charge in [0.2, 0.25) is 0 Å². The van der Waals surface area contributed by atoms with Gasteiger partial charge in [-0.05, 0) is 85.3 Å². The maximum atomic E-state index is 12.8. The highest BCUT2D eigenvalue weighted by atomic mass is 16.5. The Morgan fingerprint density at radius 2 is 1.64 bits per heavy atom. The number of nitrogens with zero attached hydrogens (tertiary/aromatic N) is 1. The second-order valence-electron chi connectivity index (χ2n) is 10.8. The van der Waals surface area contributed by atoms with Crippen molar-refractivity contribution in [1.29, 1.82) is 5.26 Å². The predicted octanol–water partition coefficient (Wildman–Crippen LogP) is 9.71. The number of benzene rings is 2. The van der Waals surface area contributed by atoms with Gasteiger partial charge in [0.25, 0.3) is 0 Å². The molecule has 1 atom stereocenters. The Morgan fingerprint density at radius 1 is 0.944 bits per heavy atom. The molecule has 0 radical (unpaired) electrons. The molecule has 2 aromatic rings. The molecule has 0 heterocycles. The summed E-state index contributed by atoms with van der Waals surface area (Å²) in [5.74, 6) is 1.81. The number of carbonyl (C=O) groups is 1. The second-order valence-corrected chi connectivity index (χ2v) is 10.8. The van der Waals surface area contributed by atoms with Gasteiger partial charge in [-0.1, -0.05) is 90.3 Å². The van der Waals surface area contributed by atoms with Crippen LogP contribution in [0.15, 0.2) is 42.5 Å². The number of rotatable bonds is 13. The van der Waals surface area contributed by atoms with Gasteiger partial charge in [0, 0.05) is 0 Å². The predicted molar refractivity (Wildman–Crippen MR) is 149 cm³/mol. The number of hydrogen-bond donors (Lipinski definition) is 0. The summed E-state index contributed by atoms with van der Waals surface area (Å²) < 4.78 is 5.64. The van der Waals surface area contributed by atoms with E-state index in [-0.39, 0.29) is 0 Å². The summed E-state index contributed by atoms with van der Waals surface area (Å²) in [6.07, 6.45) is 16.8. The Morgan fingerprint density at radius 3 is 2.31 bits per heavy atom. The third-order valence-electron chi connectivity index (χ3n) is 8.07. The maximum Gasteiger partial charge on any atom is 0.343 e. The first-order chi connectivity index (χ1) is 17.5. The van der Waals surface area contributed by atoms with Crippen LogP contribution in [0.2, 0.25) is 0 Å². The number of carbonyl (C=O) groups excluding carboxylic acids is 1. The van der Waals surface area contributed by atoms with E-state index >= 15 is 0 Å². The summed E-state index contributed by atoms with van der Waals surface area (Å²) in [6.45, 7) is 6.64. The molecule has 36 heavy (non-hydrogen) atoms. The fourth-order valence-corrected chi connectivity index (χ4v) is 5.58. The fraction of sp³-hybridized carbons (Fsp3) is 0.576. The number of nitriles is 1. The van der Waals surface area contributed by atoms with Gasteiger partial charge in [-0.25, -0.2) is 4.79 Å². The summed E-state index contributed by atoms with van der Waals surface area (Å²) in [6, 6.07) is 15.8. The van der Waals surface area contributed by atoms with Crippen molar-refractivity contribution in [3.8, 4) is 11.8 Å². The van der Waals surface area contributed by atoms with E-state index in [1.165, 1.54) is 69.8 Å². The quantitative estimate of drug-likeness (QED) is 0.160. The van der Waals surface area contributed by atoms with Gasteiger partial charge in [-0.2, -0.15) is 5.26 Å². The van der Waals surface area contributed by atoms with Gasteiger partial charge < -0.3 is 4.74 Å². The highest BCUT2D eigenvalue weighted by molar-refractivity contribution is 5.91. The minimum absolute atomic E-state index is 0.339. The van der Waals surface area contributed by atoms with Crippen molar-refractivity contribution in [1.82, 2.24) is 0 Å². The lowest BCUT2D eigenvalue weighted by atomic mass is 9.77. The Balaban J connectivity index is 1.52. The Bertz CT molecular complexity index is 980. The monoisotopic (exact) mass is 487 g/mol. The molecule has 1 unspecified atom stereocenters. The molecular formula is C33H45NO2. The average molecular weight is 488 g/mol. The van der Waals surface area contributed by atoms with E-state index < -0.39 is 5.97 Å². The topological polar surface area (TPSA) is 50.1 Å². The van der Waals surface area contributed by atoms with Crippen LogP contribution in [0.5, 0.6) is 5.75 Å². The van der Waals surface area contributed by atoms with E-state index in [1.807, 2.05) is 24.3 Å². The molecule has 3 heteroatoms. The number of ether oxygens (including phenoxy) is 1. The molecule has 1 aliphatic carbocycles. The minimum atomic E-state index is -0.406. The molecule has 0 bridgehead atoms. The first-order valence-electron chi connectivity index (χ1n) is 14.4. The second kappa shape index (κ2) is 14.8. The van der Waals surface area contributed by atoms with E-state index in [1.54, 1.807) is 6.07 Å². The van der Waals surface area contributed by atoms with Gasteiger partial charge in [0.05, 0.1) is 11.1 Å². The van der Waals surface area contributed by atoms with E-state index in [0.29, 0.717) is 28.7 Å². The van der Waals surface area contributed by atoms with Crippen LogP contribution in [0, 0.1) is 17.2 Å². The maximum absolute atomic E-state index is 12.8. The zero-order chi connectivity index (χ0) is 25.8. The first kappa shape index (κ1) is 28.0. The molecule has 0 aliphatic heterocycles. The van der Waals surface area contributed by atoms with Crippen LogP contribution in [-0.4, -0.2) is 5.97 Å². The third kappa shape index (κ3) is 8.22. The molecule has 1 saturated carbocycles. The van der Waals surface area contributed by atoms with Gasteiger partial charge >= 0.3 is 5.97 Å². The lowest BCUT2D eigenvalue weighted by molar-refractivity contribution is 0.0734. The van der Waals surface area contributed by atoms with Crippen molar-refractivity contribution in [3.63, 3.8) is 0 Å². The van der Waals surface area contributed by atoms with Crippen LogP contribution >= 0.6 is 0 Å². The highest BCUT2D eigenvalue weighted by Gasteiger charge is 2.22. The zero-order valence-electron chi connectivity index (χ0n) is 22.7. The molecule has 0 N–H and O–H groups in total. The van der Waals surface area contributed by atoms with Gasteiger partial charge in [-0.15, -0.1) is 0 Å². The Hall–Kier alpha value is -2.60. The molecule has 1 aliphatic rings. The summed E-state index contributed by atoms with van der Waals surface area (Å²) in [4.78, 5) is 12.8. The van der Waals surface area contributed by atoms with Crippen molar-refractivity contribution >= 4 is 5.97 Å². The standard InChI is InChI=1S/C33H45NO2/c1-4-6-8-9-10-12-26-13-15-27(16-14-26)28-17-19-29(20-18-28)33(35)36-32-22-21-30(23-31(32)24-34)25(3)11-7-5-2/h17-23,25-27H,4-16H2,1-3H3. The molecule has 194 valence electrons. The molecule has 3 rings (SSSR count). The van der Waals surface area contributed by atoms with Crippen LogP contribution in [0.3, 0.4) is 0 Å². The highest BCUT2D eigenvalue weighted by Crippen LogP contribution is 2.38. The molecule has 3 nitrogen and oxygen atoms in total. The van der Waals surface area contributed by atoms with Crippen molar-refractivity contribution in [2.24, 2.45) is 5.92 Å². The average Bonchev–Trinajstić information content (AvgIpc) is 2.92. The molecule has 0 saturated heterocycles. The number of hydrogen-bond acceptors (Lipinski definition) is 3. The fourth-order valence-electron chi connectivity index (χ4n) is 5.58. The van der Waals surface area contributed by atoms with Crippen LogP contribution in [0.1, 0.15) is 143 Å². The van der Waals surface area contributed by atoms with Gasteiger partial charge in [-0.3, -0.25) is 0 Å². The van der Waals surface area contributed by atoms with Crippen LogP contribution < -0.4 is 4.74 Å². The first-order valence-corrected chi connectivity index (χ1v) is 14.4. The van der Waals surface area contributed by atoms with E-state index in [0.717, 1.165) is 30.7 Å². The van der Waals surface area contributed by atoms with Crippen molar-refractivity contribution in [2.45, 2.75) is 116 Å². The Labute approximate surface area is 219 Å². The molecular weight excluding hydrogens is 442 g/mol. The van der Waals surface area contributed by atoms with Crippen LogP contribution in [0.25, 0.3) is 0 Å². The van der Waals surface area contributed by atoms with E-state index in [4.69, 9.17) is 4.74 Å². The van der Waals surface area contributed by atoms with Crippen LogP contribution in [0.4, 0.5) is 0 Å². The van der Waals surface area contributed by atoms with Crippen molar-refractivity contribution < 1.29 is 9.53 Å². The lowest BCUT2D eigenvalue weighted by Crippen LogP contribution is -2.14. The van der Waals surface area contributed by atoms with E-state index in [2.05, 4.69) is 39.0 Å². The van der Waals surface area contributed by atoms with E-state index in [9.17, 15) is 10.1 Å². The Kier molecular flexibility index (Phi) is 11.5. The minimum Gasteiger partial charge on any atom is -0.422 e. The van der Waals surface area contributed by atoms with Gasteiger partial charge in [0.1, 0.15) is 11.8 Å². The number of esters is 1. The molecule has 0 aromatic heterocycles. The molecule has 1 fully saturated rings.